The molecular weight excluding hydrogens is 226 g/mol. The third-order valence-corrected chi connectivity index (χ3v) is 3.49. The Morgan fingerprint density at radius 1 is 1.50 bits per heavy atom. The monoisotopic (exact) mass is 245 g/mol. The smallest absolute Gasteiger partial charge is 0.113 e. The molecule has 0 unspecified atom stereocenters. The van der Waals surface area contributed by atoms with Gasteiger partial charge < -0.3 is 4.74 Å². The second-order valence-electron chi connectivity index (χ2n) is 5.53. The summed E-state index contributed by atoms with van der Waals surface area (Å²) in [6, 6.07) is 6.93. The first-order valence-corrected chi connectivity index (χ1v) is 6.36. The summed E-state index contributed by atoms with van der Waals surface area (Å²) in [7, 11) is 1.97. The molecule has 0 amide bonds. The van der Waals surface area contributed by atoms with E-state index in [0.717, 1.165) is 13.0 Å². The van der Waals surface area contributed by atoms with Crippen molar-refractivity contribution in [1.82, 2.24) is 15.1 Å². The van der Waals surface area contributed by atoms with Crippen LogP contribution >= 0.6 is 0 Å². The van der Waals surface area contributed by atoms with Crippen LogP contribution < -0.4 is 5.32 Å². The number of benzene rings is 1. The molecule has 0 aliphatic carbocycles. The van der Waals surface area contributed by atoms with Crippen LogP contribution in [-0.4, -0.2) is 28.2 Å². The average molecular weight is 245 g/mol. The van der Waals surface area contributed by atoms with Gasteiger partial charge in [-0.05, 0) is 38.0 Å². The zero-order valence-electron chi connectivity index (χ0n) is 11.1. The van der Waals surface area contributed by atoms with E-state index in [2.05, 4.69) is 42.5 Å². The number of fused-ring (bicyclic) bond motifs is 1. The van der Waals surface area contributed by atoms with Crippen LogP contribution in [0, 0.1) is 0 Å². The van der Waals surface area contributed by atoms with Gasteiger partial charge in [-0.1, -0.05) is 6.07 Å². The molecule has 0 radical (unpaired) electrons. The van der Waals surface area contributed by atoms with Gasteiger partial charge in [0.25, 0.3) is 0 Å². The summed E-state index contributed by atoms with van der Waals surface area (Å²) in [5, 5.41) is 8.96. The number of hydrogen-bond donors (Lipinski definition) is 1. The second kappa shape index (κ2) is 4.07. The first kappa shape index (κ1) is 11.7. The summed E-state index contributed by atoms with van der Waals surface area (Å²) in [6.07, 6.45) is 2.91. The van der Waals surface area contributed by atoms with Crippen molar-refractivity contribution >= 4 is 10.9 Å². The Bertz CT molecular complexity index is 573. The Balaban J connectivity index is 1.79. The van der Waals surface area contributed by atoms with E-state index in [1.54, 1.807) is 0 Å². The molecule has 1 aromatic heterocycles. The maximum absolute atomic E-state index is 5.69. The molecule has 1 aliphatic heterocycles. The molecule has 0 bridgehead atoms. The highest BCUT2D eigenvalue weighted by Gasteiger charge is 2.30. The fraction of sp³-hybridized carbons (Fsp3) is 0.500. The van der Waals surface area contributed by atoms with E-state index >= 15 is 0 Å². The lowest BCUT2D eigenvalue weighted by atomic mass is 10.0. The largest absolute Gasteiger partial charge is 0.360 e. The highest BCUT2D eigenvalue weighted by Crippen LogP contribution is 2.20. The summed E-state index contributed by atoms with van der Waals surface area (Å²) < 4.78 is 7.59. The van der Waals surface area contributed by atoms with E-state index in [1.165, 1.54) is 16.5 Å². The van der Waals surface area contributed by atoms with Crippen molar-refractivity contribution in [1.29, 1.82) is 0 Å². The fourth-order valence-corrected chi connectivity index (χ4v) is 2.62. The minimum Gasteiger partial charge on any atom is -0.360 e. The molecule has 1 N–H and O–H groups in total. The Kier molecular flexibility index (Phi) is 2.64. The van der Waals surface area contributed by atoms with Gasteiger partial charge in [-0.25, -0.2) is 0 Å². The standard InChI is InChI=1S/C14H19N3O/c1-14(2)16-12(9-18-14)7-10-4-5-13-11(6-10)8-15-17(13)3/h4-6,8,12,16H,7,9H2,1-3H3/t12-/m0/s1. The maximum Gasteiger partial charge on any atom is 0.113 e. The van der Waals surface area contributed by atoms with Crippen LogP contribution in [0.1, 0.15) is 19.4 Å². The summed E-state index contributed by atoms with van der Waals surface area (Å²) in [5.41, 5.74) is 2.31. The maximum atomic E-state index is 5.69. The quantitative estimate of drug-likeness (QED) is 0.877. The van der Waals surface area contributed by atoms with Crippen LogP contribution in [0.25, 0.3) is 10.9 Å². The lowest BCUT2D eigenvalue weighted by Crippen LogP contribution is -2.39. The van der Waals surface area contributed by atoms with E-state index in [1.807, 2.05) is 17.9 Å². The molecule has 1 fully saturated rings. The number of aryl methyl sites for hydroxylation is 1. The lowest BCUT2D eigenvalue weighted by Gasteiger charge is -2.18. The molecule has 1 saturated heterocycles. The van der Waals surface area contributed by atoms with Crippen LogP contribution in [0.15, 0.2) is 24.4 Å². The highest BCUT2D eigenvalue weighted by atomic mass is 16.5. The minimum atomic E-state index is -0.191. The van der Waals surface area contributed by atoms with Crippen molar-refractivity contribution < 1.29 is 4.74 Å². The number of ether oxygens (including phenoxy) is 1. The van der Waals surface area contributed by atoms with Crippen LogP contribution in [0.4, 0.5) is 0 Å². The van der Waals surface area contributed by atoms with Gasteiger partial charge >= 0.3 is 0 Å². The van der Waals surface area contributed by atoms with E-state index in [-0.39, 0.29) is 5.72 Å². The molecule has 96 valence electrons. The number of nitrogens with zero attached hydrogens (tertiary/aromatic N) is 2. The van der Waals surface area contributed by atoms with Gasteiger partial charge in [-0.3, -0.25) is 10.00 Å². The molecule has 2 heterocycles. The molecule has 1 aliphatic rings. The number of nitrogens with one attached hydrogen (secondary N) is 1. The van der Waals surface area contributed by atoms with E-state index in [9.17, 15) is 0 Å². The van der Waals surface area contributed by atoms with Gasteiger partial charge in [0.1, 0.15) is 5.72 Å². The van der Waals surface area contributed by atoms with Crippen LogP contribution in [0.5, 0.6) is 0 Å². The second-order valence-corrected chi connectivity index (χ2v) is 5.53. The zero-order valence-corrected chi connectivity index (χ0v) is 11.1. The summed E-state index contributed by atoms with van der Waals surface area (Å²) in [6.45, 7) is 4.91. The van der Waals surface area contributed by atoms with Gasteiger partial charge in [0.15, 0.2) is 0 Å². The highest BCUT2D eigenvalue weighted by molar-refractivity contribution is 5.79. The Morgan fingerprint density at radius 3 is 3.06 bits per heavy atom. The normalized spacial score (nSPS) is 22.7. The predicted octanol–water partition coefficient (Wildman–Crippen LogP) is 1.84. The molecule has 1 aromatic carbocycles. The average Bonchev–Trinajstić information content (AvgIpc) is 2.83. The number of hydrogen-bond acceptors (Lipinski definition) is 3. The predicted molar refractivity (Wildman–Crippen MR) is 71.4 cm³/mol. The van der Waals surface area contributed by atoms with Crippen LogP contribution in [-0.2, 0) is 18.2 Å². The SMILES string of the molecule is Cn1ncc2cc(C[C@H]3COC(C)(C)N3)ccc21. The van der Waals surface area contributed by atoms with Gasteiger partial charge in [-0.2, -0.15) is 5.10 Å². The zero-order chi connectivity index (χ0) is 12.8. The molecule has 2 aromatic rings. The number of aromatic nitrogens is 2. The third kappa shape index (κ3) is 2.13. The topological polar surface area (TPSA) is 39.1 Å². The molecule has 1 atom stereocenters. The van der Waals surface area contributed by atoms with E-state index < -0.39 is 0 Å². The van der Waals surface area contributed by atoms with E-state index in [0.29, 0.717) is 6.04 Å². The molecule has 18 heavy (non-hydrogen) atoms. The number of rotatable bonds is 2. The van der Waals surface area contributed by atoms with Crippen LogP contribution in [0.2, 0.25) is 0 Å². The Hall–Kier alpha value is -1.39. The molecule has 0 saturated carbocycles. The van der Waals surface area contributed by atoms with Crippen molar-refractivity contribution in [3.05, 3.63) is 30.0 Å². The van der Waals surface area contributed by atoms with Gasteiger partial charge in [-0.15, -0.1) is 0 Å². The van der Waals surface area contributed by atoms with Gasteiger partial charge in [0, 0.05) is 18.5 Å². The summed E-state index contributed by atoms with van der Waals surface area (Å²) in [4.78, 5) is 0. The first-order valence-electron chi connectivity index (χ1n) is 6.36. The lowest BCUT2D eigenvalue weighted by molar-refractivity contribution is 0.0231. The fourth-order valence-electron chi connectivity index (χ4n) is 2.62. The summed E-state index contributed by atoms with van der Waals surface area (Å²) in [5.74, 6) is 0. The van der Waals surface area contributed by atoms with Gasteiger partial charge in [0.2, 0.25) is 0 Å². The molecule has 0 spiro atoms. The Morgan fingerprint density at radius 2 is 2.33 bits per heavy atom. The van der Waals surface area contributed by atoms with Crippen molar-refractivity contribution in [3.8, 4) is 0 Å². The molecule has 3 rings (SSSR count). The molecule has 4 nitrogen and oxygen atoms in total. The van der Waals surface area contributed by atoms with Gasteiger partial charge in [0.05, 0.1) is 18.3 Å². The third-order valence-electron chi connectivity index (χ3n) is 3.49. The minimum absolute atomic E-state index is 0.191. The Labute approximate surface area is 107 Å². The molecular formula is C14H19N3O. The summed E-state index contributed by atoms with van der Waals surface area (Å²) >= 11 is 0. The van der Waals surface area contributed by atoms with Crippen LogP contribution in [0.3, 0.4) is 0 Å². The van der Waals surface area contributed by atoms with E-state index in [4.69, 9.17) is 4.74 Å². The van der Waals surface area contributed by atoms with Crippen molar-refractivity contribution in [2.45, 2.75) is 32.0 Å². The first-order chi connectivity index (χ1) is 8.53. The molecule has 4 heteroatoms. The van der Waals surface area contributed by atoms with Crippen molar-refractivity contribution in [3.63, 3.8) is 0 Å². The van der Waals surface area contributed by atoms with Crippen molar-refractivity contribution in [2.75, 3.05) is 6.61 Å². The van der Waals surface area contributed by atoms with Crippen molar-refractivity contribution in [2.24, 2.45) is 7.05 Å².